The Bertz CT molecular complexity index is 456. The van der Waals surface area contributed by atoms with Crippen LogP contribution in [0.25, 0.3) is 0 Å². The molecule has 0 atom stereocenters. The molecule has 0 unspecified atom stereocenters. The van der Waals surface area contributed by atoms with Crippen LogP contribution >= 0.6 is 0 Å². The highest BCUT2D eigenvalue weighted by atomic mass is 19.1. The van der Waals surface area contributed by atoms with Crippen molar-refractivity contribution in [3.63, 3.8) is 0 Å². The molecule has 0 saturated heterocycles. The molecule has 19 heavy (non-hydrogen) atoms. The molecule has 2 amide bonds. The highest BCUT2D eigenvalue weighted by molar-refractivity contribution is 5.81. The summed E-state index contributed by atoms with van der Waals surface area (Å²) >= 11 is 0. The lowest BCUT2D eigenvalue weighted by molar-refractivity contribution is 0.233. The molecule has 0 bridgehead atoms. The van der Waals surface area contributed by atoms with Gasteiger partial charge in [-0.05, 0) is 30.5 Å². The van der Waals surface area contributed by atoms with Crippen molar-refractivity contribution in [2.45, 2.75) is 38.1 Å². The number of hydrazone groups is 1. The van der Waals surface area contributed by atoms with Gasteiger partial charge in [-0.15, -0.1) is 0 Å². The van der Waals surface area contributed by atoms with Crippen LogP contribution in [0.1, 0.15) is 37.7 Å². The van der Waals surface area contributed by atoms with E-state index in [0.29, 0.717) is 5.56 Å². The molecule has 5 heteroatoms. The summed E-state index contributed by atoms with van der Waals surface area (Å²) in [4.78, 5) is 11.6. The third-order valence-corrected chi connectivity index (χ3v) is 3.17. The van der Waals surface area contributed by atoms with Crippen molar-refractivity contribution in [1.82, 2.24) is 10.7 Å². The lowest BCUT2D eigenvalue weighted by Gasteiger charge is -2.22. The summed E-state index contributed by atoms with van der Waals surface area (Å²) in [5.41, 5.74) is 3.00. The number of amides is 2. The Labute approximate surface area is 112 Å². The maximum atomic E-state index is 12.9. The van der Waals surface area contributed by atoms with E-state index in [1.165, 1.54) is 24.8 Å². The Morgan fingerprint density at radius 2 is 2.11 bits per heavy atom. The Kier molecular flexibility index (Phi) is 4.89. The smallest absolute Gasteiger partial charge is 0.334 e. The molecule has 2 N–H and O–H groups in total. The second-order valence-electron chi connectivity index (χ2n) is 4.73. The minimum absolute atomic E-state index is 0.248. The average molecular weight is 263 g/mol. The van der Waals surface area contributed by atoms with E-state index >= 15 is 0 Å². The van der Waals surface area contributed by atoms with E-state index in [-0.39, 0.29) is 17.9 Å². The first-order valence-electron chi connectivity index (χ1n) is 6.59. The van der Waals surface area contributed by atoms with Gasteiger partial charge in [-0.2, -0.15) is 5.10 Å². The van der Waals surface area contributed by atoms with E-state index in [1.54, 1.807) is 12.1 Å². The lowest BCUT2D eigenvalue weighted by Crippen LogP contribution is -2.41. The number of halogens is 1. The number of benzene rings is 1. The SMILES string of the molecule is O=C(NN=Cc1cccc(F)c1)NC1CCCCC1. The maximum absolute atomic E-state index is 12.9. The van der Waals surface area contributed by atoms with Gasteiger partial charge in [0.1, 0.15) is 5.82 Å². The Morgan fingerprint density at radius 1 is 1.32 bits per heavy atom. The largest absolute Gasteiger partial charge is 0.335 e. The van der Waals surface area contributed by atoms with Gasteiger partial charge in [0.25, 0.3) is 0 Å². The number of hydrogen-bond donors (Lipinski definition) is 2. The Balaban J connectivity index is 1.76. The normalized spacial score (nSPS) is 16.5. The number of rotatable bonds is 3. The van der Waals surface area contributed by atoms with Crippen LogP contribution in [-0.2, 0) is 0 Å². The van der Waals surface area contributed by atoms with Crippen LogP contribution < -0.4 is 10.7 Å². The fourth-order valence-corrected chi connectivity index (χ4v) is 2.22. The zero-order chi connectivity index (χ0) is 13.5. The zero-order valence-corrected chi connectivity index (χ0v) is 10.7. The van der Waals surface area contributed by atoms with Crippen LogP contribution in [0, 0.1) is 5.82 Å². The van der Waals surface area contributed by atoms with Crippen molar-refractivity contribution in [2.75, 3.05) is 0 Å². The van der Waals surface area contributed by atoms with Gasteiger partial charge >= 0.3 is 6.03 Å². The van der Waals surface area contributed by atoms with E-state index in [4.69, 9.17) is 0 Å². The summed E-state index contributed by atoms with van der Waals surface area (Å²) in [5, 5.41) is 6.67. The molecule has 1 saturated carbocycles. The molecule has 2 rings (SSSR count). The van der Waals surface area contributed by atoms with Crippen LogP contribution in [0.15, 0.2) is 29.4 Å². The van der Waals surface area contributed by atoms with Crippen LogP contribution in [0.2, 0.25) is 0 Å². The molecule has 0 radical (unpaired) electrons. The summed E-state index contributed by atoms with van der Waals surface area (Å²) in [6.45, 7) is 0. The molecule has 0 heterocycles. The van der Waals surface area contributed by atoms with Gasteiger partial charge in [0.15, 0.2) is 0 Å². The molecular weight excluding hydrogens is 245 g/mol. The highest BCUT2D eigenvalue weighted by Gasteiger charge is 2.14. The van der Waals surface area contributed by atoms with E-state index in [2.05, 4.69) is 15.8 Å². The Hall–Kier alpha value is -1.91. The van der Waals surface area contributed by atoms with Gasteiger partial charge < -0.3 is 5.32 Å². The standard InChI is InChI=1S/C14H18FN3O/c15-12-6-4-5-11(9-12)10-16-18-14(19)17-13-7-2-1-3-8-13/h4-6,9-10,13H,1-3,7-8H2,(H2,17,18,19). The molecular formula is C14H18FN3O. The molecule has 0 aliphatic heterocycles. The predicted molar refractivity (Wildman–Crippen MR) is 72.5 cm³/mol. The molecule has 4 nitrogen and oxygen atoms in total. The van der Waals surface area contributed by atoms with Gasteiger partial charge in [0.2, 0.25) is 0 Å². The van der Waals surface area contributed by atoms with Crippen molar-refractivity contribution in [3.05, 3.63) is 35.6 Å². The number of hydrogen-bond acceptors (Lipinski definition) is 2. The van der Waals surface area contributed by atoms with Crippen molar-refractivity contribution in [2.24, 2.45) is 5.10 Å². The van der Waals surface area contributed by atoms with Gasteiger partial charge in [-0.25, -0.2) is 14.6 Å². The van der Waals surface area contributed by atoms with E-state index in [1.807, 2.05) is 0 Å². The summed E-state index contributed by atoms with van der Waals surface area (Å²) in [5.74, 6) is -0.324. The zero-order valence-electron chi connectivity index (χ0n) is 10.7. The van der Waals surface area contributed by atoms with Gasteiger partial charge in [0, 0.05) is 6.04 Å². The molecule has 1 aliphatic carbocycles. The molecule has 1 aromatic rings. The number of nitrogens with zero attached hydrogens (tertiary/aromatic N) is 1. The monoisotopic (exact) mass is 263 g/mol. The molecule has 0 aromatic heterocycles. The predicted octanol–water partition coefficient (Wildman–Crippen LogP) is 2.79. The molecule has 0 spiro atoms. The second kappa shape index (κ2) is 6.87. The van der Waals surface area contributed by atoms with Gasteiger partial charge in [-0.3, -0.25) is 0 Å². The number of carbonyl (C=O) groups excluding carboxylic acids is 1. The molecule has 1 aliphatic rings. The van der Waals surface area contributed by atoms with Crippen LogP contribution in [0.5, 0.6) is 0 Å². The van der Waals surface area contributed by atoms with Crippen molar-refractivity contribution in [3.8, 4) is 0 Å². The first kappa shape index (κ1) is 13.5. The topological polar surface area (TPSA) is 53.5 Å². The fourth-order valence-electron chi connectivity index (χ4n) is 2.22. The van der Waals surface area contributed by atoms with Crippen LogP contribution in [-0.4, -0.2) is 18.3 Å². The van der Waals surface area contributed by atoms with Crippen molar-refractivity contribution < 1.29 is 9.18 Å². The van der Waals surface area contributed by atoms with Gasteiger partial charge in [-0.1, -0.05) is 31.4 Å². The third-order valence-electron chi connectivity index (χ3n) is 3.17. The summed E-state index contributed by atoms with van der Waals surface area (Å²) in [6, 6.07) is 5.97. The van der Waals surface area contributed by atoms with Crippen LogP contribution in [0.3, 0.4) is 0 Å². The van der Waals surface area contributed by atoms with E-state index in [0.717, 1.165) is 25.7 Å². The highest BCUT2D eigenvalue weighted by Crippen LogP contribution is 2.17. The Morgan fingerprint density at radius 3 is 2.84 bits per heavy atom. The van der Waals surface area contributed by atoms with E-state index < -0.39 is 0 Å². The third kappa shape index (κ3) is 4.69. The lowest BCUT2D eigenvalue weighted by atomic mass is 9.96. The first-order valence-corrected chi connectivity index (χ1v) is 6.59. The van der Waals surface area contributed by atoms with Crippen LogP contribution in [0.4, 0.5) is 9.18 Å². The summed E-state index contributed by atoms with van der Waals surface area (Å²) in [7, 11) is 0. The maximum Gasteiger partial charge on any atom is 0.335 e. The summed E-state index contributed by atoms with van der Waals surface area (Å²) in [6.07, 6.45) is 7.05. The minimum Gasteiger partial charge on any atom is -0.334 e. The first-order chi connectivity index (χ1) is 9.24. The molecule has 102 valence electrons. The van der Waals surface area contributed by atoms with Crippen molar-refractivity contribution in [1.29, 1.82) is 0 Å². The molecule has 1 aromatic carbocycles. The van der Waals surface area contributed by atoms with Gasteiger partial charge in [0.05, 0.1) is 6.21 Å². The van der Waals surface area contributed by atoms with Crippen molar-refractivity contribution >= 4 is 12.2 Å². The quantitative estimate of drug-likeness (QED) is 0.639. The molecule has 1 fully saturated rings. The number of urea groups is 1. The fraction of sp³-hybridized carbons (Fsp3) is 0.429. The summed E-state index contributed by atoms with van der Waals surface area (Å²) < 4.78 is 12.9. The minimum atomic E-state index is -0.324. The average Bonchev–Trinajstić information content (AvgIpc) is 2.40. The van der Waals surface area contributed by atoms with E-state index in [9.17, 15) is 9.18 Å². The number of carbonyl (C=O) groups is 1. The second-order valence-corrected chi connectivity index (χ2v) is 4.73. The number of nitrogens with one attached hydrogen (secondary N) is 2.